The molecule has 1 saturated heterocycles. The molecule has 4 nitrogen and oxygen atoms in total. The van der Waals surface area contributed by atoms with Gasteiger partial charge in [0.15, 0.2) is 0 Å². The zero-order valence-corrected chi connectivity index (χ0v) is 10.6. The maximum Gasteiger partial charge on any atom is 0.212 e. The van der Waals surface area contributed by atoms with Crippen LogP contribution in [0.2, 0.25) is 0 Å². The summed E-state index contributed by atoms with van der Waals surface area (Å²) in [5, 5.41) is 9.08. The molecule has 1 aromatic rings. The highest BCUT2D eigenvalue weighted by Gasteiger charge is 2.39. The van der Waals surface area contributed by atoms with E-state index in [2.05, 4.69) is 11.1 Å². The summed E-state index contributed by atoms with van der Waals surface area (Å²) in [7, 11) is 0. The summed E-state index contributed by atoms with van der Waals surface area (Å²) in [5.41, 5.74) is 0.0815. The number of nitrogens with zero attached hydrogens (tertiary/aromatic N) is 3. The lowest BCUT2D eigenvalue weighted by molar-refractivity contribution is -0.114. The summed E-state index contributed by atoms with van der Waals surface area (Å²) in [6, 6.07) is 2.56. The van der Waals surface area contributed by atoms with Crippen LogP contribution in [0.25, 0.3) is 0 Å². The molecule has 1 aromatic heterocycles. The van der Waals surface area contributed by atoms with Crippen LogP contribution in [0, 0.1) is 11.3 Å². The second-order valence-corrected chi connectivity index (χ2v) is 5.51. The first kappa shape index (κ1) is 11.7. The van der Waals surface area contributed by atoms with Gasteiger partial charge in [-0.05, 0) is 25.7 Å². The lowest BCUT2D eigenvalue weighted by Crippen LogP contribution is -2.42. The van der Waals surface area contributed by atoms with Crippen LogP contribution >= 0.6 is 0 Å². The second kappa shape index (κ2) is 4.74. The topological polar surface area (TPSA) is 50.8 Å². The number of ether oxygens (including phenoxy) is 1. The van der Waals surface area contributed by atoms with Crippen molar-refractivity contribution < 1.29 is 4.74 Å². The van der Waals surface area contributed by atoms with E-state index in [-0.39, 0.29) is 5.60 Å². The average molecular weight is 245 g/mol. The van der Waals surface area contributed by atoms with Crippen molar-refractivity contribution in [2.45, 2.75) is 56.6 Å². The Morgan fingerprint density at radius 2 is 2.22 bits per heavy atom. The molecule has 18 heavy (non-hydrogen) atoms. The molecule has 1 aliphatic heterocycles. The van der Waals surface area contributed by atoms with E-state index >= 15 is 0 Å². The molecule has 0 aromatic carbocycles. The third-order valence-electron chi connectivity index (χ3n) is 4.39. The minimum Gasteiger partial charge on any atom is -0.375 e. The highest BCUT2D eigenvalue weighted by Crippen LogP contribution is 2.42. The van der Waals surface area contributed by atoms with E-state index < -0.39 is 0 Å². The van der Waals surface area contributed by atoms with Crippen LogP contribution < -0.4 is 0 Å². The molecule has 4 heteroatoms. The van der Waals surface area contributed by atoms with Crippen molar-refractivity contribution in [3.8, 4) is 6.07 Å². The molecule has 0 amide bonds. The number of nitriles is 1. The van der Waals surface area contributed by atoms with Crippen LogP contribution in [-0.4, -0.2) is 21.8 Å². The Kier molecular flexibility index (Phi) is 3.09. The smallest absolute Gasteiger partial charge is 0.212 e. The molecule has 1 aliphatic carbocycles. The molecular weight excluding hydrogens is 226 g/mol. The molecule has 2 fully saturated rings. The fourth-order valence-electron chi connectivity index (χ4n) is 3.48. The van der Waals surface area contributed by atoms with Gasteiger partial charge in [0.1, 0.15) is 6.07 Å². The van der Waals surface area contributed by atoms with Crippen LogP contribution in [-0.2, 0) is 4.74 Å². The summed E-state index contributed by atoms with van der Waals surface area (Å²) in [4.78, 5) is 4.10. The van der Waals surface area contributed by atoms with Crippen molar-refractivity contribution >= 4 is 0 Å². The van der Waals surface area contributed by atoms with Crippen LogP contribution in [0.4, 0.5) is 0 Å². The normalized spacial score (nSPS) is 26.9. The van der Waals surface area contributed by atoms with Gasteiger partial charge in [-0.1, -0.05) is 19.3 Å². The molecule has 1 saturated carbocycles. The summed E-state index contributed by atoms with van der Waals surface area (Å²) in [5.74, 6) is 0.535. The van der Waals surface area contributed by atoms with Gasteiger partial charge in [0.2, 0.25) is 5.82 Å². The molecular formula is C14H19N3O. The predicted octanol–water partition coefficient (Wildman–Crippen LogP) is 2.81. The number of rotatable bonds is 1. The highest BCUT2D eigenvalue weighted by molar-refractivity contribution is 5.13. The number of hydrogen-bond acceptors (Lipinski definition) is 3. The van der Waals surface area contributed by atoms with E-state index in [4.69, 9.17) is 10.00 Å². The van der Waals surface area contributed by atoms with Gasteiger partial charge in [-0.25, -0.2) is 4.98 Å². The fraction of sp³-hybridized carbons (Fsp3) is 0.714. The molecule has 0 radical (unpaired) electrons. The van der Waals surface area contributed by atoms with Crippen molar-refractivity contribution in [2.75, 3.05) is 6.61 Å². The monoisotopic (exact) mass is 245 g/mol. The van der Waals surface area contributed by atoms with Crippen molar-refractivity contribution in [3.63, 3.8) is 0 Å². The third kappa shape index (κ3) is 2.04. The Morgan fingerprint density at radius 1 is 1.39 bits per heavy atom. The summed E-state index contributed by atoms with van der Waals surface area (Å²) < 4.78 is 8.13. The van der Waals surface area contributed by atoms with Crippen molar-refractivity contribution in [1.29, 1.82) is 5.26 Å². The van der Waals surface area contributed by atoms with E-state index in [1.54, 1.807) is 6.20 Å². The van der Waals surface area contributed by atoms with Gasteiger partial charge in [-0.3, -0.25) is 0 Å². The number of aromatic nitrogens is 2. The first-order valence-electron chi connectivity index (χ1n) is 6.90. The van der Waals surface area contributed by atoms with E-state index in [0.717, 1.165) is 19.4 Å². The van der Waals surface area contributed by atoms with Gasteiger partial charge in [0, 0.05) is 25.0 Å². The van der Waals surface area contributed by atoms with Crippen molar-refractivity contribution in [2.24, 2.45) is 0 Å². The number of imidazole rings is 1. The maximum absolute atomic E-state index is 9.08. The molecule has 96 valence electrons. The van der Waals surface area contributed by atoms with Crippen LogP contribution in [0.5, 0.6) is 0 Å². The van der Waals surface area contributed by atoms with Gasteiger partial charge in [0.05, 0.1) is 5.60 Å². The molecule has 1 spiro atoms. The van der Waals surface area contributed by atoms with Gasteiger partial charge in [-0.15, -0.1) is 0 Å². The standard InChI is InChI=1S/C14H19N3O/c15-11-13-16-7-8-17(13)12-4-9-18-14(10-12)5-2-1-3-6-14/h7-8,12H,1-6,9-10H2. The number of hydrogen-bond donors (Lipinski definition) is 0. The molecule has 0 bridgehead atoms. The maximum atomic E-state index is 9.08. The van der Waals surface area contributed by atoms with E-state index in [1.807, 2.05) is 10.8 Å². The zero-order valence-electron chi connectivity index (χ0n) is 10.6. The van der Waals surface area contributed by atoms with Crippen LogP contribution in [0.3, 0.4) is 0 Å². The van der Waals surface area contributed by atoms with Gasteiger partial charge in [0.25, 0.3) is 0 Å². The Morgan fingerprint density at radius 3 is 3.00 bits per heavy atom. The minimum absolute atomic E-state index is 0.0815. The van der Waals surface area contributed by atoms with Gasteiger partial charge >= 0.3 is 0 Å². The molecule has 0 N–H and O–H groups in total. The zero-order chi connectivity index (χ0) is 12.4. The molecule has 2 heterocycles. The first-order chi connectivity index (χ1) is 8.83. The lowest BCUT2D eigenvalue weighted by Gasteiger charge is -2.43. The lowest BCUT2D eigenvalue weighted by atomic mass is 9.78. The molecule has 2 aliphatic rings. The van der Waals surface area contributed by atoms with E-state index in [1.165, 1.54) is 32.1 Å². The largest absolute Gasteiger partial charge is 0.375 e. The van der Waals surface area contributed by atoms with E-state index in [0.29, 0.717) is 11.9 Å². The minimum atomic E-state index is 0.0815. The Balaban J connectivity index is 1.80. The average Bonchev–Trinajstić information content (AvgIpc) is 2.88. The molecule has 1 atom stereocenters. The van der Waals surface area contributed by atoms with Crippen LogP contribution in [0.15, 0.2) is 12.4 Å². The van der Waals surface area contributed by atoms with Gasteiger partial charge < -0.3 is 9.30 Å². The quantitative estimate of drug-likeness (QED) is 0.764. The summed E-state index contributed by atoms with van der Waals surface area (Å²) >= 11 is 0. The third-order valence-corrected chi connectivity index (χ3v) is 4.39. The first-order valence-corrected chi connectivity index (χ1v) is 6.90. The Labute approximate surface area is 108 Å². The molecule has 3 rings (SSSR count). The molecule has 1 unspecified atom stereocenters. The fourth-order valence-corrected chi connectivity index (χ4v) is 3.48. The second-order valence-electron chi connectivity index (χ2n) is 5.51. The summed E-state index contributed by atoms with van der Waals surface area (Å²) in [6.07, 6.45) is 11.9. The highest BCUT2D eigenvalue weighted by atomic mass is 16.5. The SMILES string of the molecule is N#Cc1nccn1C1CCOC2(CCCCC2)C1. The summed E-state index contributed by atoms with van der Waals surface area (Å²) in [6.45, 7) is 0.813. The van der Waals surface area contributed by atoms with Crippen molar-refractivity contribution in [3.05, 3.63) is 18.2 Å². The van der Waals surface area contributed by atoms with Gasteiger partial charge in [-0.2, -0.15) is 5.26 Å². The Hall–Kier alpha value is -1.34. The predicted molar refractivity (Wildman–Crippen MR) is 67.0 cm³/mol. The Bertz CT molecular complexity index is 448. The van der Waals surface area contributed by atoms with E-state index in [9.17, 15) is 0 Å². The van der Waals surface area contributed by atoms with Crippen molar-refractivity contribution in [1.82, 2.24) is 9.55 Å². The van der Waals surface area contributed by atoms with Crippen LogP contribution in [0.1, 0.15) is 56.8 Å².